The minimum absolute atomic E-state index is 0.283. The van der Waals surface area contributed by atoms with Crippen molar-refractivity contribution in [3.05, 3.63) is 64.7 Å². The van der Waals surface area contributed by atoms with Crippen LogP contribution in [0, 0.1) is 6.92 Å². The number of anilines is 1. The number of methoxy groups -OCH3 is 1. The first-order chi connectivity index (χ1) is 12.8. The maximum atomic E-state index is 12.7. The summed E-state index contributed by atoms with van der Waals surface area (Å²) < 4.78 is 4.68. The number of nitrogens with one attached hydrogen (secondary N) is 1. The van der Waals surface area contributed by atoms with Crippen LogP contribution in [-0.4, -0.2) is 41.7 Å². The number of rotatable bonds is 4. The van der Waals surface area contributed by atoms with E-state index in [1.54, 1.807) is 43.3 Å². The van der Waals surface area contributed by atoms with Gasteiger partial charge in [0.1, 0.15) is 6.04 Å². The second kappa shape index (κ2) is 7.03. The zero-order valence-electron chi connectivity index (χ0n) is 15.1. The van der Waals surface area contributed by atoms with Crippen LogP contribution in [0.2, 0.25) is 0 Å². The zero-order valence-corrected chi connectivity index (χ0v) is 15.1. The van der Waals surface area contributed by atoms with Crippen molar-refractivity contribution in [2.75, 3.05) is 12.4 Å². The molecular formula is C20H18N2O5. The molecule has 138 valence electrons. The lowest BCUT2D eigenvalue weighted by Gasteiger charge is -2.22. The van der Waals surface area contributed by atoms with Crippen LogP contribution in [0.3, 0.4) is 0 Å². The standard InChI is InChI=1S/C20H18N2O5/c1-11-8-9-13(20(26)27-3)10-16(11)21-17(23)12(2)22-18(24)14-6-4-5-7-15(14)19(22)25/h4-10,12H,1-3H3,(H,21,23)/t12-/m0/s1. The molecule has 3 amide bonds. The average molecular weight is 366 g/mol. The number of ether oxygens (including phenoxy) is 1. The molecule has 0 fully saturated rings. The van der Waals surface area contributed by atoms with Gasteiger partial charge in [0.2, 0.25) is 5.91 Å². The van der Waals surface area contributed by atoms with Crippen molar-refractivity contribution in [2.45, 2.75) is 19.9 Å². The molecule has 1 N–H and O–H groups in total. The summed E-state index contributed by atoms with van der Waals surface area (Å²) in [5.41, 5.74) is 1.99. The summed E-state index contributed by atoms with van der Waals surface area (Å²) in [5.74, 6) is -2.06. The van der Waals surface area contributed by atoms with Crippen LogP contribution in [0.15, 0.2) is 42.5 Å². The maximum Gasteiger partial charge on any atom is 0.337 e. The molecule has 7 nitrogen and oxygen atoms in total. The Morgan fingerprint density at radius 1 is 1.04 bits per heavy atom. The van der Waals surface area contributed by atoms with Crippen molar-refractivity contribution < 1.29 is 23.9 Å². The van der Waals surface area contributed by atoms with E-state index >= 15 is 0 Å². The molecule has 0 aromatic heterocycles. The van der Waals surface area contributed by atoms with E-state index in [0.29, 0.717) is 5.69 Å². The van der Waals surface area contributed by atoms with Gasteiger partial charge in [-0.3, -0.25) is 19.3 Å². The Hall–Kier alpha value is -3.48. The highest BCUT2D eigenvalue weighted by atomic mass is 16.5. The summed E-state index contributed by atoms with van der Waals surface area (Å²) in [4.78, 5) is 50.3. The van der Waals surface area contributed by atoms with Gasteiger partial charge in [0.25, 0.3) is 11.8 Å². The SMILES string of the molecule is COC(=O)c1ccc(C)c(NC(=O)[C@H](C)N2C(=O)c3ccccc3C2=O)c1. The van der Waals surface area contributed by atoms with Crippen LogP contribution in [0.4, 0.5) is 5.69 Å². The predicted molar refractivity (Wildman–Crippen MR) is 97.6 cm³/mol. The first-order valence-electron chi connectivity index (χ1n) is 8.32. The van der Waals surface area contributed by atoms with E-state index < -0.39 is 29.7 Å². The molecule has 0 saturated carbocycles. The summed E-state index contributed by atoms with van der Waals surface area (Å²) in [6.07, 6.45) is 0. The molecular weight excluding hydrogens is 348 g/mol. The van der Waals surface area contributed by atoms with Gasteiger partial charge in [-0.15, -0.1) is 0 Å². The number of hydrogen-bond donors (Lipinski definition) is 1. The van der Waals surface area contributed by atoms with Crippen molar-refractivity contribution in [3.8, 4) is 0 Å². The second-order valence-corrected chi connectivity index (χ2v) is 6.21. The van der Waals surface area contributed by atoms with Gasteiger partial charge in [-0.25, -0.2) is 4.79 Å². The maximum absolute atomic E-state index is 12.7. The monoisotopic (exact) mass is 366 g/mol. The lowest BCUT2D eigenvalue weighted by Crippen LogP contribution is -2.45. The van der Waals surface area contributed by atoms with Crippen LogP contribution in [0.1, 0.15) is 43.6 Å². The highest BCUT2D eigenvalue weighted by Crippen LogP contribution is 2.25. The number of aryl methyl sites for hydroxylation is 1. The highest BCUT2D eigenvalue weighted by molar-refractivity contribution is 6.23. The van der Waals surface area contributed by atoms with E-state index in [1.165, 1.54) is 20.1 Å². The third-order valence-corrected chi connectivity index (χ3v) is 4.51. The Bertz CT molecular complexity index is 932. The Morgan fingerprint density at radius 2 is 1.63 bits per heavy atom. The van der Waals surface area contributed by atoms with Crippen molar-refractivity contribution in [1.29, 1.82) is 0 Å². The summed E-state index contributed by atoms with van der Waals surface area (Å²) in [6.45, 7) is 3.25. The van der Waals surface area contributed by atoms with Crippen LogP contribution in [-0.2, 0) is 9.53 Å². The number of fused-ring (bicyclic) bond motifs is 1. The molecule has 0 aliphatic carbocycles. The number of amides is 3. The average Bonchev–Trinajstić information content (AvgIpc) is 2.93. The molecule has 2 aromatic carbocycles. The van der Waals surface area contributed by atoms with Gasteiger partial charge in [0.15, 0.2) is 0 Å². The predicted octanol–water partition coefficient (Wildman–Crippen LogP) is 2.40. The molecule has 2 aromatic rings. The molecule has 27 heavy (non-hydrogen) atoms. The minimum atomic E-state index is -1.02. The Kier molecular flexibility index (Phi) is 4.77. The van der Waals surface area contributed by atoms with Crippen LogP contribution < -0.4 is 5.32 Å². The van der Waals surface area contributed by atoms with Crippen molar-refractivity contribution in [1.82, 2.24) is 4.90 Å². The van der Waals surface area contributed by atoms with Gasteiger partial charge in [-0.1, -0.05) is 18.2 Å². The van der Waals surface area contributed by atoms with E-state index in [0.717, 1.165) is 10.5 Å². The number of carbonyl (C=O) groups is 4. The third-order valence-electron chi connectivity index (χ3n) is 4.51. The molecule has 7 heteroatoms. The number of benzene rings is 2. The summed E-state index contributed by atoms with van der Waals surface area (Å²) in [5, 5.41) is 2.68. The fourth-order valence-corrected chi connectivity index (χ4v) is 2.92. The number of esters is 1. The quantitative estimate of drug-likeness (QED) is 0.663. The Morgan fingerprint density at radius 3 is 2.19 bits per heavy atom. The topological polar surface area (TPSA) is 92.8 Å². The van der Waals surface area contributed by atoms with Gasteiger partial charge in [0, 0.05) is 5.69 Å². The summed E-state index contributed by atoms with van der Waals surface area (Å²) >= 11 is 0. The normalized spacial score (nSPS) is 14.0. The molecule has 1 aliphatic rings. The number of carbonyl (C=O) groups excluding carboxylic acids is 4. The van der Waals surface area contributed by atoms with E-state index in [1.807, 2.05) is 0 Å². The molecule has 1 aliphatic heterocycles. The Labute approximate surface area is 155 Å². The Balaban J connectivity index is 1.83. The van der Waals surface area contributed by atoms with E-state index in [2.05, 4.69) is 10.1 Å². The second-order valence-electron chi connectivity index (χ2n) is 6.21. The van der Waals surface area contributed by atoms with Crippen molar-refractivity contribution in [3.63, 3.8) is 0 Å². The van der Waals surface area contributed by atoms with E-state index in [4.69, 9.17) is 0 Å². The van der Waals surface area contributed by atoms with Crippen LogP contribution in [0.5, 0.6) is 0 Å². The summed E-state index contributed by atoms with van der Waals surface area (Å²) in [6, 6.07) is 10.2. The molecule has 3 rings (SSSR count). The molecule has 0 radical (unpaired) electrons. The van der Waals surface area contributed by atoms with Gasteiger partial charge < -0.3 is 10.1 Å². The fourth-order valence-electron chi connectivity index (χ4n) is 2.92. The first kappa shape index (κ1) is 18.3. The molecule has 0 bridgehead atoms. The number of nitrogens with zero attached hydrogens (tertiary/aromatic N) is 1. The highest BCUT2D eigenvalue weighted by Gasteiger charge is 2.40. The van der Waals surface area contributed by atoms with E-state index in [9.17, 15) is 19.2 Å². The fraction of sp³-hybridized carbons (Fsp3) is 0.200. The lowest BCUT2D eigenvalue weighted by atomic mass is 10.1. The molecule has 0 saturated heterocycles. The van der Waals surface area contributed by atoms with Gasteiger partial charge in [-0.05, 0) is 43.7 Å². The van der Waals surface area contributed by atoms with Gasteiger partial charge in [0.05, 0.1) is 23.8 Å². The molecule has 0 unspecified atom stereocenters. The first-order valence-corrected chi connectivity index (χ1v) is 8.32. The third kappa shape index (κ3) is 3.19. The van der Waals surface area contributed by atoms with Crippen LogP contribution in [0.25, 0.3) is 0 Å². The zero-order chi connectivity index (χ0) is 19.7. The number of imide groups is 1. The van der Waals surface area contributed by atoms with E-state index in [-0.39, 0.29) is 16.7 Å². The molecule has 1 heterocycles. The molecule has 1 atom stereocenters. The van der Waals surface area contributed by atoms with Gasteiger partial charge in [-0.2, -0.15) is 0 Å². The van der Waals surface area contributed by atoms with Crippen molar-refractivity contribution >= 4 is 29.4 Å². The number of hydrogen-bond acceptors (Lipinski definition) is 5. The van der Waals surface area contributed by atoms with Crippen LogP contribution >= 0.6 is 0 Å². The molecule has 0 spiro atoms. The summed E-state index contributed by atoms with van der Waals surface area (Å²) in [7, 11) is 1.27. The lowest BCUT2D eigenvalue weighted by molar-refractivity contribution is -0.119. The van der Waals surface area contributed by atoms with Crippen molar-refractivity contribution in [2.24, 2.45) is 0 Å². The van der Waals surface area contributed by atoms with Gasteiger partial charge >= 0.3 is 5.97 Å². The smallest absolute Gasteiger partial charge is 0.337 e. The largest absolute Gasteiger partial charge is 0.465 e. The minimum Gasteiger partial charge on any atom is -0.465 e.